The van der Waals surface area contributed by atoms with Gasteiger partial charge < -0.3 is 14.3 Å². The molecule has 0 aliphatic carbocycles. The quantitative estimate of drug-likeness (QED) is 0.453. The molecule has 0 fully saturated rings. The van der Waals surface area contributed by atoms with Crippen molar-refractivity contribution in [3.8, 4) is 0 Å². The van der Waals surface area contributed by atoms with E-state index in [2.05, 4.69) is 40.4 Å². The van der Waals surface area contributed by atoms with Crippen molar-refractivity contribution in [2.45, 2.75) is 84.0 Å². The zero-order valence-electron chi connectivity index (χ0n) is 19.4. The lowest BCUT2D eigenvalue weighted by Crippen LogP contribution is -2.53. The average Bonchev–Trinajstić information content (AvgIpc) is 2.58. The van der Waals surface area contributed by atoms with E-state index in [1.165, 1.54) is 6.08 Å². The summed E-state index contributed by atoms with van der Waals surface area (Å²) in [6, 6.07) is 9.07. The van der Waals surface area contributed by atoms with Crippen molar-refractivity contribution < 1.29 is 19.1 Å². The van der Waals surface area contributed by atoms with Crippen LogP contribution in [0.2, 0.25) is 18.1 Å². The Kier molecular flexibility index (Phi) is 8.69. The second-order valence-corrected chi connectivity index (χ2v) is 14.8. The van der Waals surface area contributed by atoms with Gasteiger partial charge in [0, 0.05) is 6.54 Å². The number of nitrogens with zero attached hydrogens (tertiary/aromatic N) is 1. The highest BCUT2D eigenvalue weighted by Gasteiger charge is 2.40. The molecule has 0 heterocycles. The standard InChI is InChI=1S/C23H39NO4Si/c1-10-20(25)19(17-27-29(8,9)23(5,6)7)24(21(26)28-22(2,3)4)16-18-14-12-11-13-15-18/h10-15,19-20,25H,1,16-17H2,2-9H3/t19-,20?/m0/s1. The second kappa shape index (κ2) is 9.91. The van der Waals surface area contributed by atoms with Gasteiger partial charge in [0.15, 0.2) is 8.32 Å². The third-order valence-electron chi connectivity index (χ3n) is 5.28. The summed E-state index contributed by atoms with van der Waals surface area (Å²) in [7, 11) is -2.07. The number of carbonyl (C=O) groups excluding carboxylic acids is 1. The van der Waals surface area contributed by atoms with Crippen molar-refractivity contribution in [3.05, 3.63) is 48.6 Å². The Bertz CT molecular complexity index is 662. The first-order chi connectivity index (χ1) is 13.2. The third-order valence-corrected chi connectivity index (χ3v) is 9.78. The fourth-order valence-corrected chi connectivity index (χ4v) is 3.48. The monoisotopic (exact) mass is 421 g/mol. The van der Waals surface area contributed by atoms with Gasteiger partial charge in [-0.3, -0.25) is 4.90 Å². The van der Waals surface area contributed by atoms with Crippen LogP contribution in [0.15, 0.2) is 43.0 Å². The number of benzene rings is 1. The van der Waals surface area contributed by atoms with Crippen molar-refractivity contribution in [3.63, 3.8) is 0 Å². The Balaban J connectivity index is 3.21. The minimum Gasteiger partial charge on any atom is -0.444 e. The van der Waals surface area contributed by atoms with Gasteiger partial charge in [-0.1, -0.05) is 57.2 Å². The molecular formula is C23H39NO4Si. The van der Waals surface area contributed by atoms with Crippen LogP contribution in [-0.2, 0) is 15.7 Å². The zero-order chi connectivity index (χ0) is 22.5. The van der Waals surface area contributed by atoms with Crippen LogP contribution in [0.1, 0.15) is 47.1 Å². The van der Waals surface area contributed by atoms with Crippen molar-refractivity contribution in [1.29, 1.82) is 0 Å². The van der Waals surface area contributed by atoms with Gasteiger partial charge in [0.05, 0.1) is 18.8 Å². The number of rotatable bonds is 8. The molecule has 6 heteroatoms. The van der Waals surface area contributed by atoms with Crippen LogP contribution in [0.4, 0.5) is 4.79 Å². The van der Waals surface area contributed by atoms with E-state index in [0.717, 1.165) is 5.56 Å². The normalized spacial score (nSPS) is 14.8. The molecule has 0 aliphatic rings. The van der Waals surface area contributed by atoms with Crippen molar-refractivity contribution in [2.24, 2.45) is 0 Å². The SMILES string of the molecule is C=CC(O)[C@H](CO[Si](C)(C)C(C)(C)C)N(Cc1ccccc1)C(=O)OC(C)(C)C. The molecule has 1 amide bonds. The number of carbonyl (C=O) groups is 1. The molecule has 164 valence electrons. The highest BCUT2D eigenvalue weighted by Crippen LogP contribution is 2.37. The van der Waals surface area contributed by atoms with Gasteiger partial charge in [-0.05, 0) is 44.5 Å². The van der Waals surface area contributed by atoms with Crippen LogP contribution < -0.4 is 0 Å². The molecule has 1 N–H and O–H groups in total. The first-order valence-electron chi connectivity index (χ1n) is 10.2. The molecule has 0 aliphatic heterocycles. The molecule has 0 bridgehead atoms. The van der Waals surface area contributed by atoms with Gasteiger partial charge in [-0.25, -0.2) is 4.79 Å². The predicted octanol–water partition coefficient (Wildman–Crippen LogP) is 5.36. The Hall–Kier alpha value is -1.63. The molecule has 1 aromatic carbocycles. The summed E-state index contributed by atoms with van der Waals surface area (Å²) in [5.74, 6) is 0. The van der Waals surface area contributed by atoms with E-state index in [0.29, 0.717) is 6.54 Å². The van der Waals surface area contributed by atoms with Crippen LogP contribution >= 0.6 is 0 Å². The minimum absolute atomic E-state index is 0.0207. The molecule has 1 aromatic rings. The van der Waals surface area contributed by atoms with E-state index in [1.54, 1.807) is 4.90 Å². The lowest BCUT2D eigenvalue weighted by Gasteiger charge is -2.40. The van der Waals surface area contributed by atoms with Crippen LogP contribution in [0, 0.1) is 0 Å². The number of aliphatic hydroxyl groups excluding tert-OH is 1. The Morgan fingerprint density at radius 3 is 2.17 bits per heavy atom. The van der Waals surface area contributed by atoms with E-state index in [1.807, 2.05) is 51.1 Å². The average molecular weight is 422 g/mol. The molecule has 1 rings (SSSR count). The van der Waals surface area contributed by atoms with Gasteiger partial charge in [0.25, 0.3) is 0 Å². The zero-order valence-corrected chi connectivity index (χ0v) is 20.4. The largest absolute Gasteiger partial charge is 0.444 e. The summed E-state index contributed by atoms with van der Waals surface area (Å²) >= 11 is 0. The van der Waals surface area contributed by atoms with Crippen molar-refractivity contribution in [1.82, 2.24) is 4.90 Å². The first kappa shape index (κ1) is 25.4. The highest BCUT2D eigenvalue weighted by molar-refractivity contribution is 6.74. The summed E-state index contributed by atoms with van der Waals surface area (Å²) in [4.78, 5) is 14.6. The minimum atomic E-state index is -2.07. The van der Waals surface area contributed by atoms with Gasteiger partial charge >= 0.3 is 6.09 Å². The van der Waals surface area contributed by atoms with Crippen LogP contribution in [0.5, 0.6) is 0 Å². The van der Waals surface area contributed by atoms with Gasteiger partial charge in [-0.2, -0.15) is 0 Å². The van der Waals surface area contributed by atoms with E-state index < -0.39 is 32.2 Å². The molecule has 0 radical (unpaired) electrons. The molecular weight excluding hydrogens is 382 g/mol. The fraction of sp³-hybridized carbons (Fsp3) is 0.609. The van der Waals surface area contributed by atoms with E-state index in [9.17, 15) is 9.90 Å². The maximum Gasteiger partial charge on any atom is 0.411 e. The smallest absolute Gasteiger partial charge is 0.411 e. The Labute approximate surface area is 177 Å². The summed E-state index contributed by atoms with van der Waals surface area (Å²) in [6.45, 7) is 20.5. The molecule has 0 saturated carbocycles. The van der Waals surface area contributed by atoms with E-state index in [-0.39, 0.29) is 11.6 Å². The van der Waals surface area contributed by atoms with Crippen molar-refractivity contribution in [2.75, 3.05) is 6.61 Å². The summed E-state index contributed by atoms with van der Waals surface area (Å²) in [6.07, 6.45) is 0.0317. The summed E-state index contributed by atoms with van der Waals surface area (Å²) in [5.41, 5.74) is 0.308. The lowest BCUT2D eigenvalue weighted by molar-refractivity contribution is -0.0115. The molecule has 1 unspecified atom stereocenters. The Morgan fingerprint density at radius 1 is 1.17 bits per heavy atom. The van der Waals surface area contributed by atoms with E-state index in [4.69, 9.17) is 9.16 Å². The predicted molar refractivity (Wildman–Crippen MR) is 121 cm³/mol. The first-order valence-corrected chi connectivity index (χ1v) is 13.1. The number of ether oxygens (including phenoxy) is 1. The van der Waals surface area contributed by atoms with Crippen molar-refractivity contribution >= 4 is 14.4 Å². The van der Waals surface area contributed by atoms with Gasteiger partial charge in [-0.15, -0.1) is 6.58 Å². The number of hydrogen-bond donors (Lipinski definition) is 1. The summed E-state index contributed by atoms with van der Waals surface area (Å²) < 4.78 is 12.0. The molecule has 0 aromatic heterocycles. The highest BCUT2D eigenvalue weighted by atomic mass is 28.4. The number of amides is 1. The van der Waals surface area contributed by atoms with E-state index >= 15 is 0 Å². The number of hydrogen-bond acceptors (Lipinski definition) is 4. The molecule has 0 spiro atoms. The lowest BCUT2D eigenvalue weighted by atomic mass is 10.1. The summed E-state index contributed by atoms with van der Waals surface area (Å²) in [5, 5.41) is 10.7. The second-order valence-electron chi connectivity index (χ2n) is 9.96. The Morgan fingerprint density at radius 2 is 1.72 bits per heavy atom. The molecule has 29 heavy (non-hydrogen) atoms. The molecule has 2 atom stereocenters. The van der Waals surface area contributed by atoms with Crippen LogP contribution in [0.3, 0.4) is 0 Å². The molecule has 0 saturated heterocycles. The number of aliphatic hydroxyl groups is 1. The fourth-order valence-electron chi connectivity index (χ4n) is 2.46. The molecule has 5 nitrogen and oxygen atoms in total. The maximum absolute atomic E-state index is 13.1. The maximum atomic E-state index is 13.1. The van der Waals surface area contributed by atoms with Gasteiger partial charge in [0.2, 0.25) is 0 Å². The topological polar surface area (TPSA) is 59.0 Å². The third kappa shape index (κ3) is 7.95. The van der Waals surface area contributed by atoms with Gasteiger partial charge in [0.1, 0.15) is 5.60 Å². The van der Waals surface area contributed by atoms with Crippen LogP contribution in [-0.4, -0.2) is 48.8 Å². The van der Waals surface area contributed by atoms with Crippen LogP contribution in [0.25, 0.3) is 0 Å².